The van der Waals surface area contributed by atoms with Crippen LogP contribution in [-0.4, -0.2) is 51.9 Å². The normalized spacial score (nSPS) is 13.7. The molecule has 2 N–H and O–H groups in total. The molecule has 198 valence electrons. The molecule has 1 fully saturated rings. The first kappa shape index (κ1) is 25.7. The van der Waals surface area contributed by atoms with Gasteiger partial charge in [0.05, 0.1) is 16.5 Å². The zero-order valence-electron chi connectivity index (χ0n) is 20.9. The number of rotatable bonds is 8. The largest absolute Gasteiger partial charge is 0.355 e. The van der Waals surface area contributed by atoms with Crippen LogP contribution in [0.4, 0.5) is 21.7 Å². The van der Waals surface area contributed by atoms with Gasteiger partial charge in [0.15, 0.2) is 0 Å². The van der Waals surface area contributed by atoms with Gasteiger partial charge < -0.3 is 4.90 Å². The van der Waals surface area contributed by atoms with Gasteiger partial charge in [-0.3, -0.25) is 30.7 Å². The summed E-state index contributed by atoms with van der Waals surface area (Å²) in [6.07, 6.45) is 1.20. The Balaban J connectivity index is 1.34. The number of hydrazine groups is 1. The highest BCUT2D eigenvalue weighted by molar-refractivity contribution is 5.95. The van der Waals surface area contributed by atoms with Gasteiger partial charge in [0.2, 0.25) is 11.6 Å². The van der Waals surface area contributed by atoms with Crippen LogP contribution in [0.15, 0.2) is 91.3 Å². The summed E-state index contributed by atoms with van der Waals surface area (Å²) >= 11 is 0. The minimum atomic E-state index is -0.788. The van der Waals surface area contributed by atoms with Gasteiger partial charge in [0, 0.05) is 26.2 Å². The van der Waals surface area contributed by atoms with Crippen molar-refractivity contribution >= 4 is 23.2 Å². The highest BCUT2D eigenvalue weighted by atomic mass is 19.1. The number of hydrogen-bond donors (Lipinski definition) is 2. The number of piperazine rings is 1. The molecule has 1 saturated heterocycles. The summed E-state index contributed by atoms with van der Waals surface area (Å²) < 4.78 is 14.0. The van der Waals surface area contributed by atoms with Crippen LogP contribution < -0.4 is 15.8 Å². The quantitative estimate of drug-likeness (QED) is 0.259. The molecule has 0 saturated carbocycles. The van der Waals surface area contributed by atoms with Crippen molar-refractivity contribution < 1.29 is 14.1 Å². The predicted octanol–water partition coefficient (Wildman–Crippen LogP) is 4.19. The number of carbonyl (C=O) groups excluding carboxylic acids is 1. The van der Waals surface area contributed by atoms with Crippen molar-refractivity contribution in [2.24, 2.45) is 0 Å². The van der Waals surface area contributed by atoms with E-state index in [4.69, 9.17) is 0 Å². The van der Waals surface area contributed by atoms with Crippen molar-refractivity contribution in [2.45, 2.75) is 6.04 Å². The Morgan fingerprint density at radius 1 is 0.872 bits per heavy atom. The average molecular weight is 528 g/mol. The van der Waals surface area contributed by atoms with E-state index in [1.807, 2.05) is 41.3 Å². The number of nitro groups is 1. The Kier molecular flexibility index (Phi) is 7.69. The molecule has 1 aliphatic heterocycles. The topological polar surface area (TPSA) is 117 Å². The summed E-state index contributed by atoms with van der Waals surface area (Å²) in [4.78, 5) is 36.2. The van der Waals surface area contributed by atoms with Crippen molar-refractivity contribution in [1.29, 1.82) is 0 Å². The third kappa shape index (κ3) is 5.68. The Bertz CT molecular complexity index is 1410. The zero-order valence-corrected chi connectivity index (χ0v) is 20.9. The summed E-state index contributed by atoms with van der Waals surface area (Å²) in [7, 11) is 0. The smallest absolute Gasteiger partial charge is 0.348 e. The number of hydrogen-bond acceptors (Lipinski definition) is 8. The lowest BCUT2D eigenvalue weighted by atomic mass is 9.96. The lowest BCUT2D eigenvalue weighted by Crippen LogP contribution is -2.48. The molecule has 0 unspecified atom stereocenters. The first-order valence-corrected chi connectivity index (χ1v) is 12.4. The van der Waals surface area contributed by atoms with Crippen molar-refractivity contribution in [3.05, 3.63) is 124 Å². The molecule has 3 aromatic carbocycles. The minimum Gasteiger partial charge on any atom is -0.348 e. The van der Waals surface area contributed by atoms with Crippen molar-refractivity contribution in [2.75, 3.05) is 36.5 Å². The van der Waals surface area contributed by atoms with E-state index in [-0.39, 0.29) is 28.9 Å². The molecule has 0 atom stereocenters. The lowest BCUT2D eigenvalue weighted by molar-refractivity contribution is -0.383. The van der Waals surface area contributed by atoms with E-state index in [0.29, 0.717) is 26.2 Å². The van der Waals surface area contributed by atoms with E-state index in [9.17, 15) is 19.3 Å². The maximum absolute atomic E-state index is 14.0. The van der Waals surface area contributed by atoms with Crippen LogP contribution >= 0.6 is 0 Å². The molecule has 1 aromatic heterocycles. The monoisotopic (exact) mass is 527 g/mol. The Labute approximate surface area is 224 Å². The molecule has 0 radical (unpaired) electrons. The fraction of sp³-hybridized carbons (Fsp3) is 0.179. The van der Waals surface area contributed by atoms with Crippen LogP contribution in [0.1, 0.15) is 27.5 Å². The molecule has 2 heterocycles. The third-order valence-corrected chi connectivity index (χ3v) is 6.61. The van der Waals surface area contributed by atoms with Crippen LogP contribution in [0.3, 0.4) is 0 Å². The fourth-order valence-electron chi connectivity index (χ4n) is 4.77. The molecule has 1 aliphatic rings. The fourth-order valence-corrected chi connectivity index (χ4v) is 4.77. The summed E-state index contributed by atoms with van der Waals surface area (Å²) in [5.74, 6) is -1.54. The number of anilines is 2. The second kappa shape index (κ2) is 11.7. The highest BCUT2D eigenvalue weighted by Crippen LogP contribution is 2.34. The van der Waals surface area contributed by atoms with Gasteiger partial charge >= 0.3 is 5.69 Å². The van der Waals surface area contributed by atoms with Gasteiger partial charge in [0.25, 0.3) is 5.91 Å². The maximum atomic E-state index is 14.0. The first-order chi connectivity index (χ1) is 19.0. The Hall–Kier alpha value is -4.90. The van der Waals surface area contributed by atoms with Gasteiger partial charge in [-0.15, -0.1) is 0 Å². The first-order valence-electron chi connectivity index (χ1n) is 12.4. The standard InChI is InChI=1S/C28H26FN7O3/c29-23-14-8-7-13-22(23)28(37)33-32-26-25(36(38)39)27(31-19-30-26)35-17-15-34(16-18-35)24(20-9-3-1-4-10-20)21-11-5-2-6-12-21/h1-14,19,24H,15-18H2,(H,33,37)(H,30,31,32). The van der Waals surface area contributed by atoms with Crippen LogP contribution in [0, 0.1) is 15.9 Å². The zero-order chi connectivity index (χ0) is 27.2. The summed E-state index contributed by atoms with van der Waals surface area (Å²) in [6, 6.07) is 26.0. The van der Waals surface area contributed by atoms with Crippen LogP contribution in [0.25, 0.3) is 0 Å². The second-order valence-electron chi connectivity index (χ2n) is 8.96. The van der Waals surface area contributed by atoms with Gasteiger partial charge in [0.1, 0.15) is 12.1 Å². The number of amides is 1. The van der Waals surface area contributed by atoms with Gasteiger partial charge in [-0.05, 0) is 23.3 Å². The highest BCUT2D eigenvalue weighted by Gasteiger charge is 2.32. The molecule has 1 amide bonds. The molecule has 0 spiro atoms. The van der Waals surface area contributed by atoms with E-state index in [1.54, 1.807) is 0 Å². The molecular weight excluding hydrogens is 501 g/mol. The van der Waals surface area contributed by atoms with Crippen molar-refractivity contribution in [3.8, 4) is 0 Å². The second-order valence-corrected chi connectivity index (χ2v) is 8.96. The SMILES string of the molecule is O=C(NNc1ncnc(N2CCN(C(c3ccccc3)c3ccccc3)CC2)c1[N+](=O)[O-])c1ccccc1F. The van der Waals surface area contributed by atoms with Gasteiger partial charge in [-0.2, -0.15) is 0 Å². The molecule has 0 aliphatic carbocycles. The average Bonchev–Trinajstić information content (AvgIpc) is 2.97. The number of carbonyl (C=O) groups is 1. The predicted molar refractivity (Wildman–Crippen MR) is 145 cm³/mol. The number of nitrogens with zero attached hydrogens (tertiary/aromatic N) is 5. The van der Waals surface area contributed by atoms with Crippen LogP contribution in [0.5, 0.6) is 0 Å². The van der Waals surface area contributed by atoms with E-state index in [0.717, 1.165) is 6.07 Å². The molecule has 4 aromatic rings. The number of nitrogens with one attached hydrogen (secondary N) is 2. The molecule has 10 nitrogen and oxygen atoms in total. The summed E-state index contributed by atoms with van der Waals surface area (Å²) in [6.45, 7) is 2.27. The summed E-state index contributed by atoms with van der Waals surface area (Å²) in [5, 5.41) is 12.1. The van der Waals surface area contributed by atoms with E-state index >= 15 is 0 Å². The Morgan fingerprint density at radius 3 is 2.05 bits per heavy atom. The molecule has 0 bridgehead atoms. The van der Waals surface area contributed by atoms with Gasteiger partial charge in [-0.1, -0.05) is 72.8 Å². The minimum absolute atomic E-state index is 0.0424. The molecule has 11 heteroatoms. The van der Waals surface area contributed by atoms with Crippen molar-refractivity contribution in [1.82, 2.24) is 20.3 Å². The Morgan fingerprint density at radius 2 is 1.46 bits per heavy atom. The van der Waals surface area contributed by atoms with Crippen molar-refractivity contribution in [3.63, 3.8) is 0 Å². The number of benzene rings is 3. The molecular formula is C28H26FN7O3. The van der Waals surface area contributed by atoms with Crippen LogP contribution in [-0.2, 0) is 0 Å². The lowest BCUT2D eigenvalue weighted by Gasteiger charge is -2.40. The van der Waals surface area contributed by atoms with Gasteiger partial charge in [-0.25, -0.2) is 14.4 Å². The van der Waals surface area contributed by atoms with Crippen LogP contribution in [0.2, 0.25) is 0 Å². The molecule has 39 heavy (non-hydrogen) atoms. The van der Waals surface area contributed by atoms with E-state index in [2.05, 4.69) is 50.0 Å². The maximum Gasteiger partial charge on any atom is 0.355 e. The van der Waals surface area contributed by atoms with E-state index in [1.165, 1.54) is 35.7 Å². The van der Waals surface area contributed by atoms with E-state index < -0.39 is 16.6 Å². The molecule has 5 rings (SSSR count). The number of halogens is 1. The summed E-state index contributed by atoms with van der Waals surface area (Å²) in [5.41, 5.74) is 6.52. The third-order valence-electron chi connectivity index (χ3n) is 6.61. The number of aromatic nitrogens is 2.